The molecule has 1 N–H and O–H groups in total. The molecule has 0 bridgehead atoms. The fourth-order valence-corrected chi connectivity index (χ4v) is 3.83. The number of benzene rings is 1. The maximum atomic E-state index is 13.0. The van der Waals surface area contributed by atoms with Gasteiger partial charge in [-0.1, -0.05) is 41.9 Å². The SMILES string of the molecule is Cc1ncc(OC[C@@]2(c3ccccc3)CC2C(=O)Nc2cc(C)c(Cl)cn2)c(C)n1. The number of nitrogens with zero attached hydrogens (tertiary/aromatic N) is 3. The van der Waals surface area contributed by atoms with Gasteiger partial charge in [-0.05, 0) is 44.4 Å². The zero-order valence-corrected chi connectivity index (χ0v) is 17.9. The lowest BCUT2D eigenvalue weighted by Crippen LogP contribution is -2.27. The predicted octanol–water partition coefficient (Wildman–Crippen LogP) is 4.43. The highest BCUT2D eigenvalue weighted by atomic mass is 35.5. The van der Waals surface area contributed by atoms with E-state index in [-0.39, 0.29) is 11.8 Å². The largest absolute Gasteiger partial charge is 0.489 e. The van der Waals surface area contributed by atoms with E-state index in [0.717, 1.165) is 16.8 Å². The quantitative estimate of drug-likeness (QED) is 0.636. The normalized spacial score (nSPS) is 19.9. The molecule has 0 aliphatic heterocycles. The maximum absolute atomic E-state index is 13.0. The number of carbonyl (C=O) groups is 1. The van der Waals surface area contributed by atoms with Crippen molar-refractivity contribution in [3.05, 3.63) is 76.5 Å². The van der Waals surface area contributed by atoms with Crippen LogP contribution in [0.15, 0.2) is 48.8 Å². The van der Waals surface area contributed by atoms with Crippen molar-refractivity contribution in [3.8, 4) is 5.75 Å². The van der Waals surface area contributed by atoms with E-state index in [0.29, 0.717) is 35.4 Å². The number of hydrogen-bond acceptors (Lipinski definition) is 5. The van der Waals surface area contributed by atoms with E-state index in [1.165, 1.54) is 0 Å². The molecule has 2 heterocycles. The lowest BCUT2D eigenvalue weighted by atomic mass is 9.93. The Kier molecular flexibility index (Phi) is 5.43. The second-order valence-electron chi connectivity index (χ2n) is 7.74. The van der Waals surface area contributed by atoms with Gasteiger partial charge < -0.3 is 10.1 Å². The summed E-state index contributed by atoms with van der Waals surface area (Å²) in [6, 6.07) is 11.8. The molecule has 0 spiro atoms. The van der Waals surface area contributed by atoms with Crippen molar-refractivity contribution in [2.24, 2.45) is 5.92 Å². The van der Waals surface area contributed by atoms with Crippen molar-refractivity contribution in [2.45, 2.75) is 32.6 Å². The summed E-state index contributed by atoms with van der Waals surface area (Å²) in [5, 5.41) is 3.50. The number of aryl methyl sites for hydroxylation is 3. The molecule has 1 aliphatic rings. The Hall–Kier alpha value is -2.99. The molecule has 3 aromatic rings. The highest BCUT2D eigenvalue weighted by Gasteiger charge is 2.60. The first-order valence-electron chi connectivity index (χ1n) is 9.80. The van der Waals surface area contributed by atoms with Gasteiger partial charge in [0.05, 0.1) is 29.4 Å². The number of hydrogen-bond donors (Lipinski definition) is 1. The van der Waals surface area contributed by atoms with Crippen LogP contribution < -0.4 is 10.1 Å². The average Bonchev–Trinajstić information content (AvgIpc) is 3.47. The van der Waals surface area contributed by atoms with Crippen molar-refractivity contribution < 1.29 is 9.53 Å². The number of anilines is 1. The Bertz CT molecular complexity index is 1090. The summed E-state index contributed by atoms with van der Waals surface area (Å²) in [6.45, 7) is 5.99. The monoisotopic (exact) mass is 422 g/mol. The van der Waals surface area contributed by atoms with E-state index in [9.17, 15) is 4.79 Å². The molecule has 1 aromatic carbocycles. The molecule has 7 heteroatoms. The maximum Gasteiger partial charge on any atom is 0.229 e. The van der Waals surface area contributed by atoms with E-state index >= 15 is 0 Å². The van der Waals surface area contributed by atoms with Gasteiger partial charge in [0.1, 0.15) is 11.6 Å². The van der Waals surface area contributed by atoms with Crippen LogP contribution in [0.2, 0.25) is 5.02 Å². The van der Waals surface area contributed by atoms with Gasteiger partial charge >= 0.3 is 0 Å². The molecule has 1 fully saturated rings. The lowest BCUT2D eigenvalue weighted by molar-refractivity contribution is -0.117. The van der Waals surface area contributed by atoms with Crippen LogP contribution in [0.5, 0.6) is 5.75 Å². The summed E-state index contributed by atoms with van der Waals surface area (Å²) in [7, 11) is 0. The van der Waals surface area contributed by atoms with Crippen molar-refractivity contribution in [1.29, 1.82) is 0 Å². The second kappa shape index (κ2) is 8.03. The molecule has 6 nitrogen and oxygen atoms in total. The van der Waals surface area contributed by atoms with E-state index < -0.39 is 5.41 Å². The molecule has 1 unspecified atom stereocenters. The van der Waals surface area contributed by atoms with Gasteiger partial charge in [-0.2, -0.15) is 0 Å². The smallest absolute Gasteiger partial charge is 0.229 e. The van der Waals surface area contributed by atoms with Crippen LogP contribution in [-0.2, 0) is 10.2 Å². The Morgan fingerprint density at radius 1 is 1.20 bits per heavy atom. The Morgan fingerprint density at radius 2 is 1.97 bits per heavy atom. The fraction of sp³-hybridized carbons (Fsp3) is 0.304. The first-order chi connectivity index (χ1) is 14.4. The summed E-state index contributed by atoms with van der Waals surface area (Å²) in [5.74, 6) is 1.54. The topological polar surface area (TPSA) is 77.0 Å². The van der Waals surface area contributed by atoms with Crippen molar-refractivity contribution >= 4 is 23.3 Å². The number of carbonyl (C=O) groups excluding carboxylic acids is 1. The van der Waals surface area contributed by atoms with Gasteiger partial charge in [-0.25, -0.2) is 15.0 Å². The minimum absolute atomic E-state index is 0.0754. The molecular formula is C23H23ClN4O2. The number of aromatic nitrogens is 3. The Labute approximate surface area is 180 Å². The molecule has 4 rings (SSSR count). The van der Waals surface area contributed by atoms with Crippen LogP contribution in [0.1, 0.15) is 29.1 Å². The zero-order chi connectivity index (χ0) is 21.3. The highest BCUT2D eigenvalue weighted by Crippen LogP contribution is 2.55. The van der Waals surface area contributed by atoms with Crippen LogP contribution in [-0.4, -0.2) is 27.5 Å². The van der Waals surface area contributed by atoms with Crippen molar-refractivity contribution in [1.82, 2.24) is 15.0 Å². The highest BCUT2D eigenvalue weighted by molar-refractivity contribution is 6.31. The molecule has 1 aliphatic carbocycles. The minimum atomic E-state index is -0.399. The van der Waals surface area contributed by atoms with E-state index in [1.807, 2.05) is 51.1 Å². The molecule has 0 radical (unpaired) electrons. The third-order valence-electron chi connectivity index (χ3n) is 5.58. The Balaban J connectivity index is 1.54. The number of ether oxygens (including phenoxy) is 1. The van der Waals surface area contributed by atoms with Crippen molar-refractivity contribution in [2.75, 3.05) is 11.9 Å². The fourth-order valence-electron chi connectivity index (χ4n) is 3.72. The molecule has 30 heavy (non-hydrogen) atoms. The number of rotatable bonds is 6. The third-order valence-corrected chi connectivity index (χ3v) is 5.97. The number of amides is 1. The molecule has 2 atom stereocenters. The summed E-state index contributed by atoms with van der Waals surface area (Å²) in [5.41, 5.74) is 2.33. The van der Waals surface area contributed by atoms with Gasteiger partial charge in [-0.15, -0.1) is 0 Å². The van der Waals surface area contributed by atoms with E-state index in [4.69, 9.17) is 16.3 Å². The molecular weight excluding hydrogens is 400 g/mol. The van der Waals surface area contributed by atoms with Gasteiger partial charge in [0.15, 0.2) is 5.75 Å². The number of nitrogens with one attached hydrogen (secondary N) is 1. The van der Waals surface area contributed by atoms with Crippen LogP contribution in [0.25, 0.3) is 0 Å². The average molecular weight is 423 g/mol. The van der Waals surface area contributed by atoms with Gasteiger partial charge in [0.2, 0.25) is 5.91 Å². The standard InChI is InChI=1S/C23H23ClN4O2/c1-14-9-21(26-11-19(14)24)28-22(29)18-10-23(18,17-7-5-4-6-8-17)13-30-20-12-25-16(3)27-15(20)2/h4-9,11-12,18H,10,13H2,1-3H3,(H,26,28,29)/t18?,23-/m1/s1. The molecule has 0 saturated heterocycles. The van der Waals surface area contributed by atoms with Crippen LogP contribution in [0.3, 0.4) is 0 Å². The summed E-state index contributed by atoms with van der Waals surface area (Å²) < 4.78 is 6.10. The van der Waals surface area contributed by atoms with Crippen molar-refractivity contribution in [3.63, 3.8) is 0 Å². The minimum Gasteiger partial charge on any atom is -0.489 e. The zero-order valence-electron chi connectivity index (χ0n) is 17.1. The molecule has 1 saturated carbocycles. The van der Waals surface area contributed by atoms with Crippen LogP contribution >= 0.6 is 11.6 Å². The first-order valence-corrected chi connectivity index (χ1v) is 10.2. The Morgan fingerprint density at radius 3 is 2.67 bits per heavy atom. The lowest BCUT2D eigenvalue weighted by Gasteiger charge is -2.19. The summed E-state index contributed by atoms with van der Waals surface area (Å²) in [6.07, 6.45) is 3.93. The summed E-state index contributed by atoms with van der Waals surface area (Å²) >= 11 is 6.04. The van der Waals surface area contributed by atoms with Gasteiger partial charge in [0.25, 0.3) is 0 Å². The van der Waals surface area contributed by atoms with E-state index in [2.05, 4.69) is 20.3 Å². The van der Waals surface area contributed by atoms with E-state index in [1.54, 1.807) is 18.5 Å². The number of halogens is 1. The second-order valence-corrected chi connectivity index (χ2v) is 8.15. The molecule has 1 amide bonds. The third kappa shape index (κ3) is 4.00. The van der Waals surface area contributed by atoms with Gasteiger partial charge in [0, 0.05) is 11.6 Å². The van der Waals surface area contributed by atoms with Crippen LogP contribution in [0, 0.1) is 26.7 Å². The summed E-state index contributed by atoms with van der Waals surface area (Å²) in [4.78, 5) is 25.8. The molecule has 2 aromatic heterocycles. The number of pyridine rings is 1. The van der Waals surface area contributed by atoms with Crippen LogP contribution in [0.4, 0.5) is 5.82 Å². The first kappa shape index (κ1) is 20.3. The van der Waals surface area contributed by atoms with Gasteiger partial charge in [-0.3, -0.25) is 4.79 Å². The predicted molar refractivity (Wildman–Crippen MR) is 116 cm³/mol. The molecule has 154 valence electrons.